The first kappa shape index (κ1) is 22.5. The average Bonchev–Trinajstić information content (AvgIpc) is 3.29. The number of para-hydroxylation sites is 1. The number of hydrogen-bond donors (Lipinski definition) is 1. The van der Waals surface area contributed by atoms with Gasteiger partial charge < -0.3 is 5.11 Å². The summed E-state index contributed by atoms with van der Waals surface area (Å²) in [5.74, 6) is -0.614. The van der Waals surface area contributed by atoms with Crippen molar-refractivity contribution in [1.29, 1.82) is 0 Å². The fourth-order valence-corrected chi connectivity index (χ4v) is 4.62. The van der Waals surface area contributed by atoms with Crippen molar-refractivity contribution < 1.29 is 9.90 Å². The van der Waals surface area contributed by atoms with E-state index >= 15 is 0 Å². The third-order valence-electron chi connectivity index (χ3n) is 5.49. The van der Waals surface area contributed by atoms with E-state index in [4.69, 9.17) is 10.2 Å². The zero-order chi connectivity index (χ0) is 24.2. The van der Waals surface area contributed by atoms with Gasteiger partial charge in [0.1, 0.15) is 6.54 Å². The number of aromatic nitrogens is 5. The summed E-state index contributed by atoms with van der Waals surface area (Å²) in [6, 6.07) is 26.9. The van der Waals surface area contributed by atoms with Crippen LogP contribution in [0.2, 0.25) is 0 Å². The number of carbonyl (C=O) groups is 1. The molecule has 174 valence electrons. The van der Waals surface area contributed by atoms with Crippen molar-refractivity contribution in [3.63, 3.8) is 0 Å². The minimum atomic E-state index is -0.947. The van der Waals surface area contributed by atoms with E-state index in [2.05, 4.69) is 10.2 Å². The third kappa shape index (κ3) is 4.85. The number of carboxylic acids is 1. The summed E-state index contributed by atoms with van der Waals surface area (Å²) < 4.78 is 3.18. The minimum Gasteiger partial charge on any atom is -0.481 e. The van der Waals surface area contributed by atoms with E-state index in [9.17, 15) is 9.59 Å². The molecule has 2 heterocycles. The molecule has 0 aliphatic carbocycles. The molecule has 0 amide bonds. The van der Waals surface area contributed by atoms with Gasteiger partial charge >= 0.3 is 5.97 Å². The van der Waals surface area contributed by atoms with E-state index in [1.54, 1.807) is 10.6 Å². The van der Waals surface area contributed by atoms with Crippen LogP contribution < -0.4 is 5.56 Å². The van der Waals surface area contributed by atoms with Crippen LogP contribution in [0.4, 0.5) is 0 Å². The molecule has 0 saturated heterocycles. The van der Waals surface area contributed by atoms with Crippen molar-refractivity contribution in [3.8, 4) is 5.69 Å². The summed E-state index contributed by atoms with van der Waals surface area (Å²) in [4.78, 5) is 24.5. The van der Waals surface area contributed by atoms with E-state index in [0.717, 1.165) is 34.1 Å². The minimum absolute atomic E-state index is 0.0843. The molecule has 0 atom stereocenters. The lowest BCUT2D eigenvalue weighted by atomic mass is 10.0. The van der Waals surface area contributed by atoms with Crippen LogP contribution in [0.3, 0.4) is 0 Å². The molecular weight excluding hydrogens is 462 g/mol. The molecule has 0 bridgehead atoms. The van der Waals surface area contributed by atoms with Crippen molar-refractivity contribution in [2.24, 2.45) is 0 Å². The SMILES string of the molecule is O=C(O)CSc1nnc(Cn2nc(Cc3ccccc3)c3ccccc3c2=O)n1-c1ccccc1. The van der Waals surface area contributed by atoms with Gasteiger partial charge in [0, 0.05) is 17.5 Å². The number of hydrogen-bond acceptors (Lipinski definition) is 6. The van der Waals surface area contributed by atoms with Gasteiger partial charge in [0.05, 0.1) is 16.8 Å². The molecule has 35 heavy (non-hydrogen) atoms. The molecule has 1 N–H and O–H groups in total. The van der Waals surface area contributed by atoms with Crippen LogP contribution in [0, 0.1) is 0 Å². The summed E-state index contributed by atoms with van der Waals surface area (Å²) in [5, 5.41) is 24.2. The first-order valence-electron chi connectivity index (χ1n) is 11.0. The number of thioether (sulfide) groups is 1. The Morgan fingerprint density at radius 1 is 0.857 bits per heavy atom. The van der Waals surface area contributed by atoms with Gasteiger partial charge in [-0.3, -0.25) is 14.2 Å². The second-order valence-corrected chi connectivity index (χ2v) is 8.81. The van der Waals surface area contributed by atoms with Crippen LogP contribution >= 0.6 is 11.8 Å². The lowest BCUT2D eigenvalue weighted by Crippen LogP contribution is -2.26. The molecule has 0 saturated carbocycles. The maximum Gasteiger partial charge on any atom is 0.313 e. The highest BCUT2D eigenvalue weighted by Gasteiger charge is 2.18. The van der Waals surface area contributed by atoms with Crippen molar-refractivity contribution in [2.45, 2.75) is 18.1 Å². The fraction of sp³-hybridized carbons (Fsp3) is 0.115. The van der Waals surface area contributed by atoms with Crippen molar-refractivity contribution in [3.05, 3.63) is 112 Å². The fourth-order valence-electron chi connectivity index (χ4n) is 3.93. The van der Waals surface area contributed by atoms with E-state index < -0.39 is 5.97 Å². The van der Waals surface area contributed by atoms with E-state index in [-0.39, 0.29) is 17.9 Å². The smallest absolute Gasteiger partial charge is 0.313 e. The molecule has 0 spiro atoms. The summed E-state index contributed by atoms with van der Waals surface area (Å²) in [6.45, 7) is 0.0843. The molecule has 5 aromatic rings. The molecule has 0 unspecified atom stereocenters. The van der Waals surface area contributed by atoms with E-state index in [1.165, 1.54) is 4.68 Å². The van der Waals surface area contributed by atoms with Gasteiger partial charge in [0.15, 0.2) is 11.0 Å². The normalized spacial score (nSPS) is 11.1. The molecule has 0 aliphatic rings. The average molecular weight is 484 g/mol. The highest BCUT2D eigenvalue weighted by Crippen LogP contribution is 2.23. The molecule has 0 radical (unpaired) electrons. The second kappa shape index (κ2) is 9.94. The van der Waals surface area contributed by atoms with Crippen molar-refractivity contribution in [1.82, 2.24) is 24.5 Å². The third-order valence-corrected chi connectivity index (χ3v) is 6.40. The molecule has 9 heteroatoms. The van der Waals surface area contributed by atoms with Crippen LogP contribution in [0.25, 0.3) is 16.5 Å². The number of nitrogens with zero attached hydrogens (tertiary/aromatic N) is 5. The molecule has 2 aromatic heterocycles. The Kier molecular flexibility index (Phi) is 6.40. The van der Waals surface area contributed by atoms with Gasteiger partial charge in [-0.05, 0) is 23.8 Å². The van der Waals surface area contributed by atoms with Crippen LogP contribution in [-0.2, 0) is 17.8 Å². The quantitative estimate of drug-likeness (QED) is 0.335. The van der Waals surface area contributed by atoms with Crippen LogP contribution in [0.5, 0.6) is 0 Å². The Balaban J connectivity index is 1.60. The molecular formula is C26H21N5O3S. The summed E-state index contributed by atoms with van der Waals surface area (Å²) in [7, 11) is 0. The highest BCUT2D eigenvalue weighted by atomic mass is 32.2. The largest absolute Gasteiger partial charge is 0.481 e. The van der Waals surface area contributed by atoms with Gasteiger partial charge in [-0.2, -0.15) is 5.10 Å². The Bertz CT molecular complexity index is 1550. The molecule has 0 aliphatic heterocycles. The standard InChI is InChI=1S/C26H21N5O3S/c32-24(33)17-35-26-28-27-23(31(26)19-11-5-2-6-12-19)16-30-25(34)21-14-8-7-13-20(21)22(29-30)15-18-9-3-1-4-10-18/h1-14H,15-17H2,(H,32,33). The first-order valence-corrected chi connectivity index (χ1v) is 12.0. The zero-order valence-corrected chi connectivity index (χ0v) is 19.4. The maximum atomic E-state index is 13.4. The summed E-state index contributed by atoms with van der Waals surface area (Å²) >= 11 is 1.08. The topological polar surface area (TPSA) is 103 Å². The number of fused-ring (bicyclic) bond motifs is 1. The predicted molar refractivity (Wildman–Crippen MR) is 134 cm³/mol. The maximum absolute atomic E-state index is 13.4. The number of benzene rings is 3. The van der Waals surface area contributed by atoms with Crippen LogP contribution in [-0.4, -0.2) is 41.4 Å². The monoisotopic (exact) mass is 483 g/mol. The molecule has 5 rings (SSSR count). The number of aliphatic carboxylic acids is 1. The van der Waals surface area contributed by atoms with E-state index in [1.807, 2.05) is 78.9 Å². The lowest BCUT2D eigenvalue weighted by molar-refractivity contribution is -0.133. The zero-order valence-electron chi connectivity index (χ0n) is 18.6. The lowest BCUT2D eigenvalue weighted by Gasteiger charge is -2.13. The van der Waals surface area contributed by atoms with Crippen LogP contribution in [0.1, 0.15) is 17.1 Å². The number of rotatable bonds is 8. The second-order valence-electron chi connectivity index (χ2n) is 7.87. The Morgan fingerprint density at radius 3 is 2.23 bits per heavy atom. The van der Waals surface area contributed by atoms with Crippen LogP contribution in [0.15, 0.2) is 94.9 Å². The van der Waals surface area contributed by atoms with Gasteiger partial charge in [-0.1, -0.05) is 78.5 Å². The number of carboxylic acid groups (broad SMARTS) is 1. The Labute approximate surface area is 204 Å². The Hall–Kier alpha value is -4.24. The van der Waals surface area contributed by atoms with Crippen molar-refractivity contribution in [2.75, 3.05) is 5.75 Å². The van der Waals surface area contributed by atoms with Gasteiger partial charge in [0.25, 0.3) is 5.56 Å². The van der Waals surface area contributed by atoms with Crippen molar-refractivity contribution >= 4 is 28.5 Å². The molecule has 0 fully saturated rings. The van der Waals surface area contributed by atoms with Gasteiger partial charge in [-0.15, -0.1) is 10.2 Å². The molecule has 8 nitrogen and oxygen atoms in total. The summed E-state index contributed by atoms with van der Waals surface area (Å²) in [5.41, 5.74) is 2.44. The van der Waals surface area contributed by atoms with Gasteiger partial charge in [-0.25, -0.2) is 4.68 Å². The highest BCUT2D eigenvalue weighted by molar-refractivity contribution is 7.99. The Morgan fingerprint density at radius 2 is 1.51 bits per heavy atom. The predicted octanol–water partition coefficient (Wildman–Crippen LogP) is 3.79. The summed E-state index contributed by atoms with van der Waals surface area (Å²) in [6.07, 6.45) is 0.576. The first-order chi connectivity index (χ1) is 17.1. The van der Waals surface area contributed by atoms with E-state index in [0.29, 0.717) is 22.8 Å². The molecule has 3 aromatic carbocycles. The van der Waals surface area contributed by atoms with Gasteiger partial charge in [0.2, 0.25) is 0 Å².